The van der Waals surface area contributed by atoms with Crippen molar-refractivity contribution in [1.82, 2.24) is 19.6 Å². The van der Waals surface area contributed by atoms with Gasteiger partial charge in [-0.2, -0.15) is 0 Å². The van der Waals surface area contributed by atoms with E-state index in [1.807, 2.05) is 23.6 Å². The van der Waals surface area contributed by atoms with Crippen molar-refractivity contribution in [2.75, 3.05) is 66.5 Å². The Morgan fingerprint density at radius 2 is 1.61 bits per heavy atom. The summed E-state index contributed by atoms with van der Waals surface area (Å²) in [6.45, 7) is 11.6. The lowest BCUT2D eigenvalue weighted by Crippen LogP contribution is -2.53. The minimum absolute atomic E-state index is 0.201. The van der Waals surface area contributed by atoms with Crippen LogP contribution in [-0.2, 0) is 0 Å². The second-order valence-electron chi connectivity index (χ2n) is 5.09. The third-order valence-electron chi connectivity index (χ3n) is 3.54. The number of carbonyl (C=O) groups excluding carboxylic acids is 1. The molecule has 0 saturated carbocycles. The first-order valence-corrected chi connectivity index (χ1v) is 6.99. The molecule has 0 radical (unpaired) electrons. The Bertz CT molecular complexity index is 245. The van der Waals surface area contributed by atoms with Gasteiger partial charge in [-0.3, -0.25) is 4.90 Å². The summed E-state index contributed by atoms with van der Waals surface area (Å²) in [6.07, 6.45) is 0. The molecule has 0 aromatic rings. The van der Waals surface area contributed by atoms with Gasteiger partial charge in [0, 0.05) is 52.4 Å². The number of likely N-dealkylation sites (N-methyl/N-ethyl adjacent to an activating group) is 1. The third kappa shape index (κ3) is 4.46. The van der Waals surface area contributed by atoms with Crippen LogP contribution in [0, 0.1) is 0 Å². The molecule has 1 aliphatic heterocycles. The van der Waals surface area contributed by atoms with Gasteiger partial charge in [-0.05, 0) is 27.9 Å². The van der Waals surface area contributed by atoms with E-state index in [-0.39, 0.29) is 6.03 Å². The summed E-state index contributed by atoms with van der Waals surface area (Å²) >= 11 is 0. The Hall–Kier alpha value is -0.810. The highest BCUT2D eigenvalue weighted by atomic mass is 16.2. The third-order valence-corrected chi connectivity index (χ3v) is 3.54. The number of hydrogen-bond donors (Lipinski definition) is 0. The first-order chi connectivity index (χ1) is 8.58. The van der Waals surface area contributed by atoms with Crippen LogP contribution in [0.5, 0.6) is 0 Å². The van der Waals surface area contributed by atoms with Crippen molar-refractivity contribution in [3.05, 3.63) is 0 Å². The SMILES string of the molecule is CCN(CC)C(=O)N1CCN(CCN(C)C)CC1. The average molecular weight is 256 g/mol. The molecule has 0 aromatic carbocycles. The standard InChI is InChI=1S/C13H28N4O/c1-5-16(6-2)13(18)17-11-9-15(10-12-17)8-7-14(3)4/h5-12H2,1-4H3. The molecule has 1 heterocycles. The van der Waals surface area contributed by atoms with E-state index in [0.717, 1.165) is 52.4 Å². The Labute approximate surface area is 111 Å². The highest BCUT2D eigenvalue weighted by Gasteiger charge is 2.23. The number of urea groups is 1. The fourth-order valence-electron chi connectivity index (χ4n) is 2.20. The van der Waals surface area contributed by atoms with Crippen LogP contribution in [0.2, 0.25) is 0 Å². The number of amides is 2. The number of rotatable bonds is 5. The normalized spacial score (nSPS) is 17.3. The van der Waals surface area contributed by atoms with E-state index in [4.69, 9.17) is 0 Å². The lowest BCUT2D eigenvalue weighted by molar-refractivity contribution is 0.111. The fourth-order valence-corrected chi connectivity index (χ4v) is 2.20. The number of nitrogens with zero attached hydrogens (tertiary/aromatic N) is 4. The van der Waals surface area contributed by atoms with Gasteiger partial charge in [0.2, 0.25) is 0 Å². The first kappa shape index (κ1) is 15.2. The van der Waals surface area contributed by atoms with Crippen LogP contribution >= 0.6 is 0 Å². The Kier molecular flexibility index (Phi) is 6.43. The molecule has 1 saturated heterocycles. The van der Waals surface area contributed by atoms with Gasteiger partial charge < -0.3 is 14.7 Å². The summed E-state index contributed by atoms with van der Waals surface area (Å²) in [6, 6.07) is 0.201. The smallest absolute Gasteiger partial charge is 0.320 e. The quantitative estimate of drug-likeness (QED) is 0.722. The van der Waals surface area contributed by atoms with Gasteiger partial charge in [0.15, 0.2) is 0 Å². The molecule has 0 unspecified atom stereocenters. The average Bonchev–Trinajstić information content (AvgIpc) is 2.38. The molecule has 1 aliphatic rings. The van der Waals surface area contributed by atoms with Gasteiger partial charge >= 0.3 is 6.03 Å². The predicted molar refractivity (Wildman–Crippen MR) is 74.9 cm³/mol. The van der Waals surface area contributed by atoms with Gasteiger partial charge in [-0.1, -0.05) is 0 Å². The van der Waals surface area contributed by atoms with Crippen LogP contribution in [0.25, 0.3) is 0 Å². The molecule has 0 aromatic heterocycles. The molecule has 0 atom stereocenters. The van der Waals surface area contributed by atoms with Crippen molar-refractivity contribution >= 4 is 6.03 Å². The van der Waals surface area contributed by atoms with E-state index in [1.54, 1.807) is 0 Å². The second-order valence-corrected chi connectivity index (χ2v) is 5.09. The highest BCUT2D eigenvalue weighted by Crippen LogP contribution is 2.05. The molecule has 1 rings (SSSR count). The maximum absolute atomic E-state index is 12.2. The zero-order valence-electron chi connectivity index (χ0n) is 12.4. The summed E-state index contributed by atoms with van der Waals surface area (Å²) in [5.41, 5.74) is 0. The maximum atomic E-state index is 12.2. The summed E-state index contributed by atoms with van der Waals surface area (Å²) in [5, 5.41) is 0. The van der Waals surface area contributed by atoms with Crippen molar-refractivity contribution in [3.8, 4) is 0 Å². The Morgan fingerprint density at radius 3 is 2.06 bits per heavy atom. The topological polar surface area (TPSA) is 30.0 Å². The maximum Gasteiger partial charge on any atom is 0.320 e. The van der Waals surface area contributed by atoms with Crippen LogP contribution in [0.4, 0.5) is 4.79 Å². The van der Waals surface area contributed by atoms with Crippen molar-refractivity contribution in [2.45, 2.75) is 13.8 Å². The lowest BCUT2D eigenvalue weighted by Gasteiger charge is -2.37. The molecule has 2 amide bonds. The lowest BCUT2D eigenvalue weighted by atomic mass is 10.3. The summed E-state index contributed by atoms with van der Waals surface area (Å²) in [5.74, 6) is 0. The minimum Gasteiger partial charge on any atom is -0.325 e. The number of carbonyl (C=O) groups is 1. The first-order valence-electron chi connectivity index (χ1n) is 6.99. The van der Waals surface area contributed by atoms with Crippen LogP contribution < -0.4 is 0 Å². The van der Waals surface area contributed by atoms with E-state index < -0.39 is 0 Å². The minimum atomic E-state index is 0.201. The molecule has 0 spiro atoms. The molecule has 106 valence electrons. The summed E-state index contributed by atoms with van der Waals surface area (Å²) < 4.78 is 0. The van der Waals surface area contributed by atoms with E-state index >= 15 is 0 Å². The Balaban J connectivity index is 2.32. The predicted octanol–water partition coefficient (Wildman–Crippen LogP) is 0.627. The van der Waals surface area contributed by atoms with Gasteiger partial charge in [-0.15, -0.1) is 0 Å². The number of hydrogen-bond acceptors (Lipinski definition) is 3. The number of piperazine rings is 1. The van der Waals surface area contributed by atoms with E-state index in [1.165, 1.54) is 0 Å². The van der Waals surface area contributed by atoms with Crippen LogP contribution in [-0.4, -0.2) is 92.1 Å². The molecule has 5 nitrogen and oxygen atoms in total. The molecule has 0 N–H and O–H groups in total. The molecule has 1 fully saturated rings. The van der Waals surface area contributed by atoms with E-state index in [0.29, 0.717) is 0 Å². The van der Waals surface area contributed by atoms with E-state index in [2.05, 4.69) is 23.9 Å². The van der Waals surface area contributed by atoms with Gasteiger partial charge in [-0.25, -0.2) is 4.79 Å². The molecule has 0 aliphatic carbocycles. The molecule has 5 heteroatoms. The second kappa shape index (κ2) is 7.59. The fraction of sp³-hybridized carbons (Fsp3) is 0.923. The largest absolute Gasteiger partial charge is 0.325 e. The van der Waals surface area contributed by atoms with Gasteiger partial charge in [0.25, 0.3) is 0 Å². The molecular weight excluding hydrogens is 228 g/mol. The molecular formula is C13H28N4O. The van der Waals surface area contributed by atoms with Crippen molar-refractivity contribution in [2.24, 2.45) is 0 Å². The molecule has 0 bridgehead atoms. The van der Waals surface area contributed by atoms with Crippen molar-refractivity contribution in [1.29, 1.82) is 0 Å². The summed E-state index contributed by atoms with van der Waals surface area (Å²) in [7, 11) is 4.19. The van der Waals surface area contributed by atoms with Crippen molar-refractivity contribution < 1.29 is 4.79 Å². The van der Waals surface area contributed by atoms with Crippen molar-refractivity contribution in [3.63, 3.8) is 0 Å². The van der Waals surface area contributed by atoms with Crippen LogP contribution in [0.15, 0.2) is 0 Å². The van der Waals surface area contributed by atoms with Gasteiger partial charge in [0.1, 0.15) is 0 Å². The van der Waals surface area contributed by atoms with Crippen LogP contribution in [0.3, 0.4) is 0 Å². The van der Waals surface area contributed by atoms with Gasteiger partial charge in [0.05, 0.1) is 0 Å². The summed E-state index contributed by atoms with van der Waals surface area (Å²) in [4.78, 5) is 20.7. The molecule has 18 heavy (non-hydrogen) atoms. The monoisotopic (exact) mass is 256 g/mol. The highest BCUT2D eigenvalue weighted by molar-refractivity contribution is 5.74. The zero-order valence-corrected chi connectivity index (χ0v) is 12.4. The van der Waals surface area contributed by atoms with E-state index in [9.17, 15) is 4.79 Å². The zero-order chi connectivity index (χ0) is 13.5. The van der Waals surface area contributed by atoms with Crippen LogP contribution in [0.1, 0.15) is 13.8 Å². The Morgan fingerprint density at radius 1 is 1.06 bits per heavy atom.